The van der Waals surface area contributed by atoms with E-state index < -0.39 is 23.8 Å². The molecule has 4 nitrogen and oxygen atoms in total. The summed E-state index contributed by atoms with van der Waals surface area (Å²) in [6.07, 6.45) is -4.80. The van der Waals surface area contributed by atoms with Crippen LogP contribution in [0.5, 0.6) is 11.5 Å². The fourth-order valence-electron chi connectivity index (χ4n) is 2.35. The van der Waals surface area contributed by atoms with Gasteiger partial charge in [-0.25, -0.2) is 0 Å². The van der Waals surface area contributed by atoms with Crippen molar-refractivity contribution in [3.63, 3.8) is 0 Å². The Morgan fingerprint density at radius 1 is 1.12 bits per heavy atom. The first-order chi connectivity index (χ1) is 12.3. The monoisotopic (exact) mass is 367 g/mol. The largest absolute Gasteiger partial charge is 0.493 e. The summed E-state index contributed by atoms with van der Waals surface area (Å²) in [5.74, 6) is 0.517. The number of hydrogen-bond donors (Lipinski definition) is 1. The first kappa shape index (κ1) is 19.6. The van der Waals surface area contributed by atoms with E-state index >= 15 is 0 Å². The van der Waals surface area contributed by atoms with Gasteiger partial charge in [-0.1, -0.05) is 31.2 Å². The van der Waals surface area contributed by atoms with Crippen LogP contribution >= 0.6 is 0 Å². The van der Waals surface area contributed by atoms with Gasteiger partial charge in [0, 0.05) is 6.54 Å². The van der Waals surface area contributed by atoms with Gasteiger partial charge >= 0.3 is 6.18 Å². The van der Waals surface area contributed by atoms with Gasteiger partial charge in [0.2, 0.25) is 0 Å². The SMILES string of the molecule is CC[C@H](Oc1ccccc1OC)C(=O)NCc1cccc(C(F)(F)F)c1. The molecule has 0 saturated carbocycles. The molecule has 1 atom stereocenters. The number of methoxy groups -OCH3 is 1. The highest BCUT2D eigenvalue weighted by Gasteiger charge is 2.30. The molecule has 0 aliphatic rings. The Hall–Kier alpha value is -2.70. The first-order valence-electron chi connectivity index (χ1n) is 8.08. The van der Waals surface area contributed by atoms with E-state index in [-0.39, 0.29) is 6.54 Å². The molecule has 0 saturated heterocycles. The van der Waals surface area contributed by atoms with E-state index in [1.807, 2.05) is 0 Å². The van der Waals surface area contributed by atoms with Crippen molar-refractivity contribution in [1.29, 1.82) is 0 Å². The van der Waals surface area contributed by atoms with Crippen LogP contribution in [0.1, 0.15) is 24.5 Å². The molecule has 0 heterocycles. The zero-order chi connectivity index (χ0) is 19.2. The van der Waals surface area contributed by atoms with Gasteiger partial charge in [-0.05, 0) is 36.2 Å². The number of halogens is 3. The smallest absolute Gasteiger partial charge is 0.416 e. The number of ether oxygens (including phenoxy) is 2. The molecular weight excluding hydrogens is 347 g/mol. The highest BCUT2D eigenvalue weighted by Crippen LogP contribution is 2.30. The molecule has 0 radical (unpaired) electrons. The molecule has 0 unspecified atom stereocenters. The number of benzene rings is 2. The van der Waals surface area contributed by atoms with Crippen molar-refractivity contribution in [1.82, 2.24) is 5.32 Å². The molecule has 0 aliphatic carbocycles. The lowest BCUT2D eigenvalue weighted by molar-refractivity contribution is -0.137. The maximum atomic E-state index is 12.7. The van der Waals surface area contributed by atoms with Crippen molar-refractivity contribution in [3.8, 4) is 11.5 Å². The first-order valence-corrected chi connectivity index (χ1v) is 8.08. The molecule has 0 bridgehead atoms. The molecule has 7 heteroatoms. The summed E-state index contributed by atoms with van der Waals surface area (Å²) in [7, 11) is 1.50. The summed E-state index contributed by atoms with van der Waals surface area (Å²) in [6.45, 7) is 1.76. The minimum Gasteiger partial charge on any atom is -0.493 e. The quantitative estimate of drug-likeness (QED) is 0.798. The summed E-state index contributed by atoms with van der Waals surface area (Å²) in [4.78, 5) is 12.3. The molecule has 1 amide bonds. The van der Waals surface area contributed by atoms with Gasteiger partial charge in [-0.3, -0.25) is 4.79 Å². The molecule has 2 rings (SSSR count). The predicted octanol–water partition coefficient (Wildman–Crippen LogP) is 4.19. The predicted molar refractivity (Wildman–Crippen MR) is 91.0 cm³/mol. The molecular formula is C19H20F3NO3. The second-order valence-electron chi connectivity index (χ2n) is 5.58. The summed E-state index contributed by atoms with van der Waals surface area (Å²) in [5, 5.41) is 2.61. The third kappa shape index (κ3) is 5.15. The van der Waals surface area contributed by atoms with Crippen LogP contribution in [-0.2, 0) is 17.5 Å². The average molecular weight is 367 g/mol. The lowest BCUT2D eigenvalue weighted by atomic mass is 10.1. The second-order valence-corrected chi connectivity index (χ2v) is 5.58. The van der Waals surface area contributed by atoms with Crippen LogP contribution < -0.4 is 14.8 Å². The highest BCUT2D eigenvalue weighted by atomic mass is 19.4. The van der Waals surface area contributed by atoms with E-state index in [4.69, 9.17) is 9.47 Å². The van der Waals surface area contributed by atoms with E-state index in [2.05, 4.69) is 5.32 Å². The molecule has 26 heavy (non-hydrogen) atoms. The Morgan fingerprint density at radius 2 is 1.81 bits per heavy atom. The van der Waals surface area contributed by atoms with Crippen molar-refractivity contribution in [2.24, 2.45) is 0 Å². The fraction of sp³-hybridized carbons (Fsp3) is 0.316. The Labute approximate surface area is 149 Å². The number of carbonyl (C=O) groups is 1. The number of alkyl halides is 3. The Bertz CT molecular complexity index is 747. The third-order valence-electron chi connectivity index (χ3n) is 3.72. The lowest BCUT2D eigenvalue weighted by Gasteiger charge is -2.19. The Balaban J connectivity index is 2.01. The van der Waals surface area contributed by atoms with Crippen LogP contribution in [0.3, 0.4) is 0 Å². The number of carbonyl (C=O) groups excluding carboxylic acids is 1. The molecule has 140 valence electrons. The van der Waals surface area contributed by atoms with Gasteiger partial charge in [0.1, 0.15) is 0 Å². The van der Waals surface area contributed by atoms with Gasteiger partial charge in [-0.2, -0.15) is 13.2 Å². The minimum absolute atomic E-state index is 0.0193. The van der Waals surface area contributed by atoms with E-state index in [0.29, 0.717) is 23.5 Å². The van der Waals surface area contributed by atoms with Crippen molar-refractivity contribution in [2.45, 2.75) is 32.2 Å². The topological polar surface area (TPSA) is 47.6 Å². The van der Waals surface area contributed by atoms with Crippen LogP contribution in [0.2, 0.25) is 0 Å². The van der Waals surface area contributed by atoms with Gasteiger partial charge < -0.3 is 14.8 Å². The van der Waals surface area contributed by atoms with Crippen LogP contribution in [-0.4, -0.2) is 19.1 Å². The van der Waals surface area contributed by atoms with Crippen LogP contribution in [0.4, 0.5) is 13.2 Å². The fourth-order valence-corrected chi connectivity index (χ4v) is 2.35. The van der Waals surface area contributed by atoms with E-state index in [0.717, 1.165) is 12.1 Å². The summed E-state index contributed by atoms with van der Waals surface area (Å²) in [5.41, 5.74) is -0.387. The molecule has 0 fully saturated rings. The molecule has 0 aromatic heterocycles. The normalized spacial score (nSPS) is 12.3. The van der Waals surface area contributed by atoms with Crippen molar-refractivity contribution >= 4 is 5.91 Å². The Kier molecular flexibility index (Phi) is 6.49. The molecule has 1 N–H and O–H groups in total. The number of rotatable bonds is 7. The third-order valence-corrected chi connectivity index (χ3v) is 3.72. The number of nitrogens with one attached hydrogen (secondary N) is 1. The van der Waals surface area contributed by atoms with E-state index in [9.17, 15) is 18.0 Å². The van der Waals surface area contributed by atoms with Crippen LogP contribution in [0.25, 0.3) is 0 Å². The van der Waals surface area contributed by atoms with Gasteiger partial charge in [-0.15, -0.1) is 0 Å². The van der Waals surface area contributed by atoms with Crippen molar-refractivity contribution < 1.29 is 27.4 Å². The molecule has 0 aliphatic heterocycles. The minimum atomic E-state index is -4.42. The highest BCUT2D eigenvalue weighted by molar-refractivity contribution is 5.81. The van der Waals surface area contributed by atoms with Crippen LogP contribution in [0.15, 0.2) is 48.5 Å². The van der Waals surface area contributed by atoms with E-state index in [1.54, 1.807) is 31.2 Å². The van der Waals surface area contributed by atoms with E-state index in [1.165, 1.54) is 19.2 Å². The number of para-hydroxylation sites is 2. The number of amides is 1. The molecule has 2 aromatic carbocycles. The maximum Gasteiger partial charge on any atom is 0.416 e. The standard InChI is InChI=1S/C19H20F3NO3/c1-3-15(26-17-10-5-4-9-16(17)25-2)18(24)23-12-13-7-6-8-14(11-13)19(20,21)22/h4-11,15H,3,12H2,1-2H3,(H,23,24)/t15-/m0/s1. The van der Waals surface area contributed by atoms with Gasteiger partial charge in [0.25, 0.3) is 5.91 Å². The molecule has 0 spiro atoms. The lowest BCUT2D eigenvalue weighted by Crippen LogP contribution is -2.37. The number of hydrogen-bond acceptors (Lipinski definition) is 3. The Morgan fingerprint density at radius 3 is 2.42 bits per heavy atom. The summed E-state index contributed by atoms with van der Waals surface area (Å²) in [6, 6.07) is 11.8. The molecule has 2 aromatic rings. The van der Waals surface area contributed by atoms with Crippen LogP contribution in [0, 0.1) is 0 Å². The zero-order valence-corrected chi connectivity index (χ0v) is 14.5. The summed E-state index contributed by atoms with van der Waals surface area (Å²) >= 11 is 0. The summed E-state index contributed by atoms with van der Waals surface area (Å²) < 4.78 is 49.1. The van der Waals surface area contributed by atoms with Crippen molar-refractivity contribution in [3.05, 3.63) is 59.7 Å². The zero-order valence-electron chi connectivity index (χ0n) is 14.5. The second kappa shape index (κ2) is 8.60. The van der Waals surface area contributed by atoms with Gasteiger partial charge in [0.05, 0.1) is 12.7 Å². The average Bonchev–Trinajstić information content (AvgIpc) is 2.64. The maximum absolute atomic E-state index is 12.7. The van der Waals surface area contributed by atoms with Crippen molar-refractivity contribution in [2.75, 3.05) is 7.11 Å². The van der Waals surface area contributed by atoms with Gasteiger partial charge in [0.15, 0.2) is 17.6 Å².